The van der Waals surface area contributed by atoms with Crippen LogP contribution in [-0.2, 0) is 10.2 Å². The van der Waals surface area contributed by atoms with E-state index in [0.29, 0.717) is 5.69 Å². The number of hydrogen-bond donors (Lipinski definition) is 2. The summed E-state index contributed by atoms with van der Waals surface area (Å²) in [6.45, 7) is 0. The number of ether oxygens (including phenoxy) is 1. The number of aromatic nitrogens is 2. The van der Waals surface area contributed by atoms with Gasteiger partial charge in [0.2, 0.25) is 0 Å². The Labute approximate surface area is 139 Å². The van der Waals surface area contributed by atoms with Gasteiger partial charge in [-0.1, -0.05) is 0 Å². The maximum Gasteiger partial charge on any atom is 0.296 e. The zero-order chi connectivity index (χ0) is 17.2. The quantitative estimate of drug-likeness (QED) is 0.741. The first-order chi connectivity index (χ1) is 11.5. The summed E-state index contributed by atoms with van der Waals surface area (Å²) in [6, 6.07) is 16.3. The standard InChI is InChI=1S/C16H16N4O3S/c1-23-15-8-2-12(3-9-15)16-10-11-18-20(16)14-6-4-13(5-7-14)19-24(17,21)22/h2-11,19H,1H3,(H2,17,21,22). The highest BCUT2D eigenvalue weighted by atomic mass is 32.2. The van der Waals surface area contributed by atoms with Crippen LogP contribution >= 0.6 is 0 Å². The van der Waals surface area contributed by atoms with Crippen molar-refractivity contribution in [1.82, 2.24) is 9.78 Å². The van der Waals surface area contributed by atoms with Crippen LogP contribution in [0.25, 0.3) is 16.9 Å². The Hall–Kier alpha value is -2.84. The molecule has 0 atom stereocenters. The van der Waals surface area contributed by atoms with Gasteiger partial charge in [0.05, 0.1) is 24.7 Å². The molecule has 0 amide bonds. The number of rotatable bonds is 5. The number of anilines is 1. The summed E-state index contributed by atoms with van der Waals surface area (Å²) in [5.74, 6) is 0.781. The van der Waals surface area contributed by atoms with Crippen LogP contribution in [0.2, 0.25) is 0 Å². The lowest BCUT2D eigenvalue weighted by Crippen LogP contribution is -2.21. The van der Waals surface area contributed by atoms with Crippen molar-refractivity contribution in [2.24, 2.45) is 5.14 Å². The smallest absolute Gasteiger partial charge is 0.296 e. The van der Waals surface area contributed by atoms with Crippen LogP contribution in [-0.4, -0.2) is 25.3 Å². The molecule has 0 aliphatic rings. The van der Waals surface area contributed by atoms with Crippen molar-refractivity contribution in [2.75, 3.05) is 11.8 Å². The van der Waals surface area contributed by atoms with Gasteiger partial charge in [0.1, 0.15) is 5.75 Å². The highest BCUT2D eigenvalue weighted by molar-refractivity contribution is 7.90. The number of methoxy groups -OCH3 is 1. The SMILES string of the molecule is COc1ccc(-c2ccnn2-c2ccc(NS(N)(=O)=O)cc2)cc1. The normalized spacial score (nSPS) is 11.2. The van der Waals surface area contributed by atoms with Crippen LogP contribution in [0, 0.1) is 0 Å². The number of benzene rings is 2. The van der Waals surface area contributed by atoms with Crippen LogP contribution in [0.3, 0.4) is 0 Å². The van der Waals surface area contributed by atoms with Crippen molar-refractivity contribution in [3.8, 4) is 22.7 Å². The van der Waals surface area contributed by atoms with Gasteiger partial charge in [-0.15, -0.1) is 0 Å². The summed E-state index contributed by atoms with van der Waals surface area (Å²) in [5.41, 5.74) is 3.08. The summed E-state index contributed by atoms with van der Waals surface area (Å²) in [7, 11) is -2.16. The molecule has 0 saturated heterocycles. The molecule has 0 bridgehead atoms. The van der Waals surface area contributed by atoms with Gasteiger partial charge in [-0.3, -0.25) is 4.72 Å². The van der Waals surface area contributed by atoms with Crippen LogP contribution < -0.4 is 14.6 Å². The molecule has 24 heavy (non-hydrogen) atoms. The minimum Gasteiger partial charge on any atom is -0.497 e. The Morgan fingerprint density at radius 2 is 1.71 bits per heavy atom. The molecule has 1 aromatic heterocycles. The van der Waals surface area contributed by atoms with E-state index in [-0.39, 0.29) is 0 Å². The second-order valence-electron chi connectivity index (χ2n) is 5.05. The summed E-state index contributed by atoms with van der Waals surface area (Å²) in [4.78, 5) is 0. The fourth-order valence-electron chi connectivity index (χ4n) is 2.32. The minimum absolute atomic E-state index is 0.388. The van der Waals surface area contributed by atoms with Crippen LogP contribution in [0.4, 0.5) is 5.69 Å². The van der Waals surface area contributed by atoms with Crippen molar-refractivity contribution < 1.29 is 13.2 Å². The second-order valence-corrected chi connectivity index (χ2v) is 6.34. The Bertz CT molecular complexity index is 932. The molecule has 0 aliphatic heterocycles. The predicted molar refractivity (Wildman–Crippen MR) is 92.3 cm³/mol. The highest BCUT2D eigenvalue weighted by Gasteiger charge is 2.08. The van der Waals surface area contributed by atoms with E-state index in [4.69, 9.17) is 9.88 Å². The third-order valence-corrected chi connectivity index (χ3v) is 3.92. The van der Waals surface area contributed by atoms with E-state index < -0.39 is 10.2 Å². The van der Waals surface area contributed by atoms with Gasteiger partial charge >= 0.3 is 0 Å². The molecular weight excluding hydrogens is 328 g/mol. The third-order valence-electron chi connectivity index (χ3n) is 3.40. The molecule has 0 aliphatic carbocycles. The molecular formula is C16H16N4O3S. The van der Waals surface area contributed by atoms with Gasteiger partial charge in [0, 0.05) is 11.3 Å². The van der Waals surface area contributed by atoms with Gasteiger partial charge in [0.15, 0.2) is 0 Å². The fourth-order valence-corrected chi connectivity index (χ4v) is 2.79. The third kappa shape index (κ3) is 3.55. The summed E-state index contributed by atoms with van der Waals surface area (Å²) in [5, 5.41) is 9.29. The van der Waals surface area contributed by atoms with Crippen molar-refractivity contribution in [3.05, 3.63) is 60.8 Å². The molecule has 3 N–H and O–H groups in total. The van der Waals surface area contributed by atoms with E-state index in [9.17, 15) is 8.42 Å². The highest BCUT2D eigenvalue weighted by Crippen LogP contribution is 2.25. The van der Waals surface area contributed by atoms with Crippen molar-refractivity contribution in [2.45, 2.75) is 0 Å². The molecule has 0 radical (unpaired) electrons. The van der Waals surface area contributed by atoms with E-state index >= 15 is 0 Å². The Kier molecular flexibility index (Phi) is 4.24. The van der Waals surface area contributed by atoms with Crippen molar-refractivity contribution in [1.29, 1.82) is 0 Å². The maximum absolute atomic E-state index is 11.0. The molecule has 7 nitrogen and oxygen atoms in total. The van der Waals surface area contributed by atoms with Crippen LogP contribution in [0.1, 0.15) is 0 Å². The van der Waals surface area contributed by atoms with Gasteiger partial charge in [0.25, 0.3) is 10.2 Å². The molecule has 124 valence electrons. The summed E-state index contributed by atoms with van der Waals surface area (Å²) >= 11 is 0. The Morgan fingerprint density at radius 1 is 1.04 bits per heavy atom. The van der Waals surface area contributed by atoms with Gasteiger partial charge in [-0.05, 0) is 54.6 Å². The van der Waals surface area contributed by atoms with Gasteiger partial charge in [-0.2, -0.15) is 13.5 Å². The lowest BCUT2D eigenvalue weighted by molar-refractivity contribution is 0.415. The summed E-state index contributed by atoms with van der Waals surface area (Å²) in [6.07, 6.45) is 1.70. The minimum atomic E-state index is -3.79. The van der Waals surface area contributed by atoms with Crippen molar-refractivity contribution >= 4 is 15.9 Å². The molecule has 0 saturated carbocycles. The zero-order valence-electron chi connectivity index (χ0n) is 12.9. The monoisotopic (exact) mass is 344 g/mol. The molecule has 0 fully saturated rings. The van der Waals surface area contributed by atoms with Crippen molar-refractivity contribution in [3.63, 3.8) is 0 Å². The van der Waals surface area contributed by atoms with E-state index in [1.165, 1.54) is 0 Å². The Balaban J connectivity index is 1.92. The second kappa shape index (κ2) is 6.34. The Morgan fingerprint density at radius 3 is 2.29 bits per heavy atom. The van der Waals surface area contributed by atoms with Crippen LogP contribution in [0.5, 0.6) is 5.75 Å². The molecule has 8 heteroatoms. The topological polar surface area (TPSA) is 99.2 Å². The average Bonchev–Trinajstić information content (AvgIpc) is 3.04. The van der Waals surface area contributed by atoms with Crippen LogP contribution in [0.15, 0.2) is 60.8 Å². The molecule has 2 aromatic carbocycles. The largest absolute Gasteiger partial charge is 0.497 e. The van der Waals surface area contributed by atoms with Gasteiger partial charge < -0.3 is 4.74 Å². The number of hydrogen-bond acceptors (Lipinski definition) is 4. The molecule has 3 rings (SSSR count). The molecule has 0 spiro atoms. The van der Waals surface area contributed by atoms with E-state index in [2.05, 4.69) is 9.82 Å². The number of nitrogens with two attached hydrogens (primary N) is 1. The van der Waals surface area contributed by atoms with Gasteiger partial charge in [-0.25, -0.2) is 9.82 Å². The number of nitrogens with one attached hydrogen (secondary N) is 1. The fraction of sp³-hybridized carbons (Fsp3) is 0.0625. The van der Waals surface area contributed by atoms with E-state index in [0.717, 1.165) is 22.7 Å². The lowest BCUT2D eigenvalue weighted by Gasteiger charge is -2.10. The predicted octanol–water partition coefficient (Wildman–Crippen LogP) is 2.16. The maximum atomic E-state index is 11.0. The summed E-state index contributed by atoms with van der Waals surface area (Å²) < 4.78 is 31.2. The molecule has 3 aromatic rings. The molecule has 0 unspecified atom stereocenters. The number of nitrogens with zero attached hydrogens (tertiary/aromatic N) is 2. The van der Waals surface area contributed by atoms with E-state index in [1.807, 2.05) is 30.3 Å². The first-order valence-electron chi connectivity index (χ1n) is 7.06. The van der Waals surface area contributed by atoms with E-state index in [1.54, 1.807) is 42.3 Å². The first kappa shape index (κ1) is 16.0. The molecule has 1 heterocycles. The zero-order valence-corrected chi connectivity index (χ0v) is 13.7. The average molecular weight is 344 g/mol. The lowest BCUT2D eigenvalue weighted by atomic mass is 10.1. The first-order valence-corrected chi connectivity index (χ1v) is 8.60.